The van der Waals surface area contributed by atoms with Crippen LogP contribution in [0.15, 0.2) is 41.4 Å². The van der Waals surface area contributed by atoms with Crippen LogP contribution in [0, 0.1) is 11.6 Å². The monoisotopic (exact) mass is 496 g/mol. The summed E-state index contributed by atoms with van der Waals surface area (Å²) in [5.41, 5.74) is -3.80. The Morgan fingerprint density at radius 1 is 1.12 bits per heavy atom. The highest BCUT2D eigenvalue weighted by molar-refractivity contribution is 7.90. The smallest absolute Gasteiger partial charge is 0.349 e. The van der Waals surface area contributed by atoms with E-state index < -0.39 is 62.1 Å². The van der Waals surface area contributed by atoms with Gasteiger partial charge in [0.2, 0.25) is 0 Å². The van der Waals surface area contributed by atoms with Gasteiger partial charge in [0.05, 0.1) is 11.3 Å². The molecule has 32 heavy (non-hydrogen) atoms. The molecule has 5 nitrogen and oxygen atoms in total. The molecule has 0 saturated heterocycles. The fourth-order valence-corrected chi connectivity index (χ4v) is 3.62. The molecule has 0 unspecified atom stereocenters. The van der Waals surface area contributed by atoms with Gasteiger partial charge >= 0.3 is 6.18 Å². The van der Waals surface area contributed by atoms with Crippen LogP contribution in [-0.2, 0) is 9.84 Å². The summed E-state index contributed by atoms with van der Waals surface area (Å²) >= 11 is 5.79. The number of hydrogen-bond acceptors (Lipinski definition) is 4. The summed E-state index contributed by atoms with van der Waals surface area (Å²) < 4.78 is 91.8. The molecular weight excluding hydrogens is 479 g/mol. The van der Waals surface area contributed by atoms with E-state index in [9.17, 15) is 35.2 Å². The molecule has 0 spiro atoms. The molecule has 0 radical (unpaired) electrons. The summed E-state index contributed by atoms with van der Waals surface area (Å²) in [4.78, 5) is 15.4. The Kier molecular flexibility index (Phi) is 8.00. The Hall–Kier alpha value is -2.53. The molecule has 1 amide bonds. The highest BCUT2D eigenvalue weighted by atomic mass is 35.5. The number of carbonyl (C=O) groups excluding carboxylic acids is 1. The van der Waals surface area contributed by atoms with Crippen LogP contribution >= 0.6 is 11.6 Å². The Labute approximate surface area is 186 Å². The van der Waals surface area contributed by atoms with E-state index in [2.05, 4.69) is 10.3 Å². The Bertz CT molecular complexity index is 1150. The highest BCUT2D eigenvalue weighted by Crippen LogP contribution is 2.31. The highest BCUT2D eigenvalue weighted by Gasteiger charge is 2.38. The van der Waals surface area contributed by atoms with Gasteiger partial charge in [-0.05, 0) is 25.5 Å². The second-order valence-corrected chi connectivity index (χ2v) is 9.68. The number of aliphatic imine (C=N–C) groups is 1. The average Bonchev–Trinajstić information content (AvgIpc) is 2.66. The van der Waals surface area contributed by atoms with E-state index in [1.165, 1.54) is 25.1 Å². The lowest BCUT2D eigenvalue weighted by Crippen LogP contribution is -2.34. The maximum atomic E-state index is 14.5. The molecule has 2 aromatic carbocycles. The van der Waals surface area contributed by atoms with Crippen LogP contribution in [0.25, 0.3) is 0 Å². The molecule has 0 fully saturated rings. The van der Waals surface area contributed by atoms with Crippen molar-refractivity contribution < 1.29 is 35.2 Å². The van der Waals surface area contributed by atoms with Gasteiger partial charge in [0.1, 0.15) is 27.2 Å². The largest absolute Gasteiger partial charge is 0.434 e. The van der Waals surface area contributed by atoms with Crippen LogP contribution in [0.3, 0.4) is 0 Å². The predicted octanol–water partition coefficient (Wildman–Crippen LogP) is 4.85. The summed E-state index contributed by atoms with van der Waals surface area (Å²) in [5, 5.41) is 2.02. The van der Waals surface area contributed by atoms with Gasteiger partial charge in [-0.25, -0.2) is 22.2 Å². The molecule has 1 atom stereocenters. The van der Waals surface area contributed by atoms with Gasteiger partial charge in [-0.1, -0.05) is 29.8 Å². The summed E-state index contributed by atoms with van der Waals surface area (Å²) in [6.45, 7) is 1.47. The van der Waals surface area contributed by atoms with E-state index in [1.54, 1.807) is 0 Å². The summed E-state index contributed by atoms with van der Waals surface area (Å²) in [5.74, 6) is -3.96. The molecule has 0 aliphatic rings. The van der Waals surface area contributed by atoms with Gasteiger partial charge in [0.25, 0.3) is 5.91 Å². The first-order valence-electron chi connectivity index (χ1n) is 9.07. The van der Waals surface area contributed by atoms with E-state index >= 15 is 0 Å². The van der Waals surface area contributed by atoms with Gasteiger partial charge in [0.15, 0.2) is 5.71 Å². The van der Waals surface area contributed by atoms with Crippen LogP contribution in [0.1, 0.15) is 29.3 Å². The normalized spacial score (nSPS) is 13.7. The van der Waals surface area contributed by atoms with E-state index in [0.717, 1.165) is 12.3 Å². The summed E-state index contributed by atoms with van der Waals surface area (Å²) in [6, 6.07) is 4.99. The Morgan fingerprint density at radius 3 is 2.31 bits per heavy atom. The molecule has 0 aliphatic heterocycles. The van der Waals surface area contributed by atoms with Gasteiger partial charge in [-0.3, -0.25) is 4.79 Å². The molecule has 0 aromatic heterocycles. The number of carbonyl (C=O) groups is 1. The summed E-state index contributed by atoms with van der Waals surface area (Å²) in [7, 11) is -3.29. The molecule has 174 valence electrons. The average molecular weight is 497 g/mol. The van der Waals surface area contributed by atoms with Crippen molar-refractivity contribution in [3.8, 4) is 0 Å². The Balaban J connectivity index is 2.37. The van der Waals surface area contributed by atoms with Crippen molar-refractivity contribution in [1.82, 2.24) is 5.32 Å². The zero-order chi connectivity index (χ0) is 24.3. The van der Waals surface area contributed by atoms with Crippen molar-refractivity contribution >= 4 is 38.7 Å². The number of halogens is 6. The van der Waals surface area contributed by atoms with Crippen molar-refractivity contribution in [2.24, 2.45) is 4.99 Å². The molecule has 1 N–H and O–H groups in total. The maximum Gasteiger partial charge on any atom is 0.434 e. The van der Waals surface area contributed by atoms with Gasteiger partial charge in [0, 0.05) is 29.0 Å². The molecular formula is C20H18ClF5N2O3S. The minimum absolute atomic E-state index is 0.0316. The van der Waals surface area contributed by atoms with Crippen LogP contribution < -0.4 is 5.32 Å². The minimum atomic E-state index is -5.03. The van der Waals surface area contributed by atoms with Crippen molar-refractivity contribution in [1.29, 1.82) is 0 Å². The van der Waals surface area contributed by atoms with E-state index in [-0.39, 0.29) is 17.2 Å². The van der Waals surface area contributed by atoms with Crippen molar-refractivity contribution in [2.45, 2.75) is 25.6 Å². The third-order valence-electron chi connectivity index (χ3n) is 4.21. The van der Waals surface area contributed by atoms with Crippen LogP contribution in [0.5, 0.6) is 0 Å². The topological polar surface area (TPSA) is 75.6 Å². The zero-order valence-corrected chi connectivity index (χ0v) is 18.4. The second-order valence-electron chi connectivity index (χ2n) is 7.01. The van der Waals surface area contributed by atoms with Crippen molar-refractivity contribution in [3.63, 3.8) is 0 Å². The number of nitrogens with one attached hydrogen (secondary N) is 1. The van der Waals surface area contributed by atoms with E-state index in [1.807, 2.05) is 0 Å². The third-order valence-corrected chi connectivity index (χ3v) is 5.52. The van der Waals surface area contributed by atoms with Crippen LogP contribution in [0.4, 0.5) is 27.6 Å². The molecule has 0 heterocycles. The molecule has 0 aliphatic carbocycles. The number of sulfone groups is 1. The molecule has 0 saturated carbocycles. The van der Waals surface area contributed by atoms with Gasteiger partial charge < -0.3 is 5.32 Å². The van der Waals surface area contributed by atoms with Crippen LogP contribution in [0.2, 0.25) is 5.02 Å². The maximum absolute atomic E-state index is 14.5. The molecule has 0 bridgehead atoms. The molecule has 2 rings (SSSR count). The minimum Gasteiger partial charge on any atom is -0.349 e. The number of hydrogen-bond donors (Lipinski definition) is 1. The van der Waals surface area contributed by atoms with Gasteiger partial charge in [-0.2, -0.15) is 13.2 Å². The first-order valence-corrected chi connectivity index (χ1v) is 11.5. The first-order chi connectivity index (χ1) is 14.7. The number of amides is 1. The van der Waals surface area contributed by atoms with E-state index in [0.29, 0.717) is 12.1 Å². The van der Waals surface area contributed by atoms with Crippen LogP contribution in [-0.4, -0.2) is 44.3 Å². The predicted molar refractivity (Wildman–Crippen MR) is 111 cm³/mol. The lowest BCUT2D eigenvalue weighted by atomic mass is 10.1. The second kappa shape index (κ2) is 9.95. The van der Waals surface area contributed by atoms with Crippen molar-refractivity contribution in [2.75, 3.05) is 12.0 Å². The number of alkyl halides is 3. The SMILES string of the molecule is C[C@H](CCS(C)(=O)=O)NC(=O)c1cc(F)c(N=C(c2ccccc2Cl)C(F)(F)F)cc1F. The number of nitrogens with zero attached hydrogens (tertiary/aromatic N) is 1. The zero-order valence-electron chi connectivity index (χ0n) is 16.8. The van der Waals surface area contributed by atoms with Crippen molar-refractivity contribution in [3.05, 3.63) is 64.2 Å². The third kappa shape index (κ3) is 6.99. The first kappa shape index (κ1) is 25.7. The number of rotatable bonds is 7. The summed E-state index contributed by atoms with van der Waals surface area (Å²) in [6.07, 6.45) is -3.99. The quantitative estimate of drug-likeness (QED) is 0.439. The molecule has 2 aromatic rings. The lowest BCUT2D eigenvalue weighted by Gasteiger charge is -2.15. The van der Waals surface area contributed by atoms with Gasteiger partial charge in [-0.15, -0.1) is 0 Å². The lowest BCUT2D eigenvalue weighted by molar-refractivity contribution is -0.0580. The Morgan fingerprint density at radius 2 is 1.75 bits per heavy atom. The molecule has 12 heteroatoms. The fourth-order valence-electron chi connectivity index (χ4n) is 2.61. The standard InChI is InChI=1S/C20H18ClF5N2O3S/c1-11(7-8-32(2,30)31)27-19(29)13-9-16(23)17(10-15(13)22)28-18(20(24,25)26)12-5-3-4-6-14(12)21/h3-6,9-11H,7-8H2,1-2H3,(H,27,29)/t11-/m1/s1. The fraction of sp³-hybridized carbons (Fsp3) is 0.300. The number of benzene rings is 2. The van der Waals surface area contributed by atoms with E-state index in [4.69, 9.17) is 11.6 Å².